The number of carbonyl (C=O) groups is 1. The number of rotatable bonds is 7. The predicted molar refractivity (Wildman–Crippen MR) is 102 cm³/mol. The zero-order chi connectivity index (χ0) is 19.2. The predicted octanol–water partition coefficient (Wildman–Crippen LogP) is 3.36. The van der Waals surface area contributed by atoms with Gasteiger partial charge in [-0.1, -0.05) is 29.8 Å². The minimum atomic E-state index is -3.63. The fourth-order valence-corrected chi connectivity index (χ4v) is 3.00. The largest absolute Gasteiger partial charge is 0.326 e. The van der Waals surface area contributed by atoms with Crippen molar-refractivity contribution in [2.24, 2.45) is 0 Å². The maximum atomic E-state index is 13.0. The van der Waals surface area contributed by atoms with Crippen LogP contribution in [-0.4, -0.2) is 20.9 Å². The summed E-state index contributed by atoms with van der Waals surface area (Å²) in [6.45, 7) is 3.59. The van der Waals surface area contributed by atoms with Crippen molar-refractivity contribution in [1.82, 2.24) is 4.72 Å². The highest BCUT2D eigenvalue weighted by molar-refractivity contribution is 7.92. The number of anilines is 1. The van der Waals surface area contributed by atoms with Gasteiger partial charge in [0.25, 0.3) is 0 Å². The first-order valence-electron chi connectivity index (χ1n) is 8.05. The van der Waals surface area contributed by atoms with Gasteiger partial charge < -0.3 is 5.32 Å². The second-order valence-electron chi connectivity index (χ2n) is 5.91. The second-order valence-corrected chi connectivity index (χ2v) is 7.56. The zero-order valence-corrected chi connectivity index (χ0v) is 15.4. The summed E-state index contributed by atoms with van der Waals surface area (Å²) in [7, 11) is -3.63. The van der Waals surface area contributed by atoms with Crippen molar-refractivity contribution in [3.63, 3.8) is 0 Å². The van der Waals surface area contributed by atoms with Crippen LogP contribution in [-0.2, 0) is 14.8 Å². The van der Waals surface area contributed by atoms with Crippen LogP contribution in [0.3, 0.4) is 0 Å². The highest BCUT2D eigenvalue weighted by Crippen LogP contribution is 2.15. The van der Waals surface area contributed by atoms with Crippen molar-refractivity contribution in [2.45, 2.75) is 20.3 Å². The van der Waals surface area contributed by atoms with Crippen LogP contribution in [0.4, 0.5) is 10.1 Å². The van der Waals surface area contributed by atoms with E-state index in [1.54, 1.807) is 6.92 Å². The molecule has 2 aromatic rings. The summed E-state index contributed by atoms with van der Waals surface area (Å²) in [5.41, 5.74) is 2.95. The molecule has 2 N–H and O–H groups in total. The molecule has 0 aliphatic rings. The molecule has 0 aliphatic heterocycles. The summed E-state index contributed by atoms with van der Waals surface area (Å²) in [6, 6.07) is 11.5. The van der Waals surface area contributed by atoms with Crippen LogP contribution in [0, 0.1) is 19.7 Å². The van der Waals surface area contributed by atoms with Crippen LogP contribution in [0.2, 0.25) is 0 Å². The number of carbonyl (C=O) groups excluding carboxylic acids is 1. The van der Waals surface area contributed by atoms with E-state index in [0.717, 1.165) is 16.5 Å². The molecule has 0 saturated carbocycles. The molecule has 0 bridgehead atoms. The van der Waals surface area contributed by atoms with Crippen LogP contribution in [0.25, 0.3) is 6.08 Å². The quantitative estimate of drug-likeness (QED) is 0.778. The van der Waals surface area contributed by atoms with E-state index >= 15 is 0 Å². The SMILES string of the molecule is Cc1ccc(/C=C/S(=O)(=O)NCCC(=O)Nc2ccc(F)cc2C)cc1. The Hall–Kier alpha value is -2.51. The Bertz CT molecular complexity index is 907. The third kappa shape index (κ3) is 6.42. The second kappa shape index (κ2) is 8.73. The topological polar surface area (TPSA) is 75.3 Å². The van der Waals surface area contributed by atoms with Gasteiger partial charge in [-0.05, 0) is 49.2 Å². The van der Waals surface area contributed by atoms with Gasteiger partial charge in [0, 0.05) is 24.1 Å². The number of amides is 1. The van der Waals surface area contributed by atoms with E-state index in [1.807, 2.05) is 31.2 Å². The molecule has 0 aliphatic carbocycles. The van der Waals surface area contributed by atoms with Gasteiger partial charge in [-0.15, -0.1) is 0 Å². The lowest BCUT2D eigenvalue weighted by Crippen LogP contribution is -2.26. The smallest absolute Gasteiger partial charge is 0.233 e. The summed E-state index contributed by atoms with van der Waals surface area (Å²) in [5.74, 6) is -0.737. The Morgan fingerprint density at radius 2 is 1.81 bits per heavy atom. The zero-order valence-electron chi connectivity index (χ0n) is 14.6. The maximum Gasteiger partial charge on any atom is 0.233 e. The van der Waals surface area contributed by atoms with E-state index < -0.39 is 10.0 Å². The van der Waals surface area contributed by atoms with Gasteiger partial charge in [0.1, 0.15) is 5.82 Å². The first-order chi connectivity index (χ1) is 12.2. The minimum Gasteiger partial charge on any atom is -0.326 e. The van der Waals surface area contributed by atoms with Crippen molar-refractivity contribution >= 4 is 27.7 Å². The van der Waals surface area contributed by atoms with E-state index in [9.17, 15) is 17.6 Å². The molecule has 0 unspecified atom stereocenters. The molecule has 0 aromatic heterocycles. The van der Waals surface area contributed by atoms with Gasteiger partial charge in [-0.3, -0.25) is 4.79 Å². The first-order valence-corrected chi connectivity index (χ1v) is 9.60. The number of hydrogen-bond donors (Lipinski definition) is 2. The Morgan fingerprint density at radius 3 is 2.46 bits per heavy atom. The number of halogens is 1. The van der Waals surface area contributed by atoms with Gasteiger partial charge in [-0.2, -0.15) is 0 Å². The lowest BCUT2D eigenvalue weighted by molar-refractivity contribution is -0.116. The molecule has 0 spiro atoms. The highest BCUT2D eigenvalue weighted by Gasteiger charge is 2.09. The van der Waals surface area contributed by atoms with E-state index in [-0.39, 0.29) is 24.7 Å². The third-order valence-corrected chi connectivity index (χ3v) is 4.74. The van der Waals surface area contributed by atoms with E-state index in [4.69, 9.17) is 0 Å². The summed E-state index contributed by atoms with van der Waals surface area (Å²) < 4.78 is 39.2. The van der Waals surface area contributed by atoms with Gasteiger partial charge in [0.2, 0.25) is 15.9 Å². The van der Waals surface area contributed by atoms with Gasteiger partial charge in [0.05, 0.1) is 0 Å². The fraction of sp³-hybridized carbons (Fsp3) is 0.211. The van der Waals surface area contributed by atoms with Crippen molar-refractivity contribution in [1.29, 1.82) is 0 Å². The molecule has 2 rings (SSSR count). The minimum absolute atomic E-state index is 0.0333. The molecular weight excluding hydrogens is 355 g/mol. The van der Waals surface area contributed by atoms with Crippen LogP contribution < -0.4 is 10.0 Å². The van der Waals surface area contributed by atoms with Crippen molar-refractivity contribution in [2.75, 3.05) is 11.9 Å². The number of benzene rings is 2. The summed E-state index contributed by atoms with van der Waals surface area (Å²) in [6.07, 6.45) is 1.46. The normalized spacial score (nSPS) is 11.7. The molecule has 7 heteroatoms. The van der Waals surface area contributed by atoms with Crippen LogP contribution >= 0.6 is 0 Å². The standard InChI is InChI=1S/C19H21FN2O3S/c1-14-3-5-16(6-4-14)10-12-26(24,25)21-11-9-19(23)22-18-8-7-17(20)13-15(18)2/h3-8,10,12-13,21H,9,11H2,1-2H3,(H,22,23)/b12-10+. The van der Waals surface area contributed by atoms with Crippen LogP contribution in [0.1, 0.15) is 23.1 Å². The molecule has 5 nitrogen and oxygen atoms in total. The Balaban J connectivity index is 1.83. The van der Waals surface area contributed by atoms with Crippen LogP contribution in [0.5, 0.6) is 0 Å². The first kappa shape index (κ1) is 19.8. The van der Waals surface area contributed by atoms with Crippen molar-refractivity contribution in [3.05, 3.63) is 70.4 Å². The molecule has 0 atom stereocenters. The average Bonchev–Trinajstić information content (AvgIpc) is 2.57. The van der Waals surface area contributed by atoms with E-state index in [0.29, 0.717) is 11.3 Å². The Labute approximate surface area is 153 Å². The molecule has 138 valence electrons. The van der Waals surface area contributed by atoms with Crippen molar-refractivity contribution in [3.8, 4) is 0 Å². The van der Waals surface area contributed by atoms with E-state index in [2.05, 4.69) is 10.0 Å². The molecule has 0 heterocycles. The monoisotopic (exact) mass is 376 g/mol. The third-order valence-electron chi connectivity index (χ3n) is 3.63. The maximum absolute atomic E-state index is 13.0. The fourth-order valence-electron chi connectivity index (χ4n) is 2.18. The molecular formula is C19H21FN2O3S. The average molecular weight is 376 g/mol. The highest BCUT2D eigenvalue weighted by atomic mass is 32.2. The number of sulfonamides is 1. The molecule has 26 heavy (non-hydrogen) atoms. The van der Waals surface area contributed by atoms with Crippen molar-refractivity contribution < 1.29 is 17.6 Å². The van der Waals surface area contributed by atoms with Crippen LogP contribution in [0.15, 0.2) is 47.9 Å². The summed E-state index contributed by atoms with van der Waals surface area (Å²) in [5, 5.41) is 3.70. The van der Waals surface area contributed by atoms with Gasteiger partial charge >= 0.3 is 0 Å². The number of nitrogens with one attached hydrogen (secondary N) is 2. The van der Waals surface area contributed by atoms with E-state index in [1.165, 1.54) is 24.3 Å². The molecule has 0 radical (unpaired) electrons. The Morgan fingerprint density at radius 1 is 1.12 bits per heavy atom. The Kier molecular flexibility index (Phi) is 6.65. The molecule has 0 saturated heterocycles. The van der Waals surface area contributed by atoms with Gasteiger partial charge in [-0.25, -0.2) is 17.5 Å². The summed E-state index contributed by atoms with van der Waals surface area (Å²) >= 11 is 0. The lowest BCUT2D eigenvalue weighted by atomic mass is 10.2. The molecule has 2 aromatic carbocycles. The summed E-state index contributed by atoms with van der Waals surface area (Å²) in [4.78, 5) is 11.9. The lowest BCUT2D eigenvalue weighted by Gasteiger charge is -2.08. The molecule has 0 fully saturated rings. The molecule has 1 amide bonds. The number of hydrogen-bond acceptors (Lipinski definition) is 3. The van der Waals surface area contributed by atoms with Gasteiger partial charge in [0.15, 0.2) is 0 Å². The number of aryl methyl sites for hydroxylation is 2.